The van der Waals surface area contributed by atoms with Crippen molar-refractivity contribution >= 4 is 6.29 Å². The van der Waals surface area contributed by atoms with Gasteiger partial charge in [-0.05, 0) is 54.7 Å². The Bertz CT molecular complexity index is 849. The van der Waals surface area contributed by atoms with Gasteiger partial charge in [0.05, 0.1) is 39.6 Å². The van der Waals surface area contributed by atoms with Gasteiger partial charge in [-0.25, -0.2) is 0 Å². The van der Waals surface area contributed by atoms with Crippen molar-refractivity contribution in [1.29, 1.82) is 0 Å². The molecule has 2 aromatic rings. The molecule has 0 saturated heterocycles. The van der Waals surface area contributed by atoms with Crippen LogP contribution in [0.3, 0.4) is 0 Å². The quantitative estimate of drug-likeness (QED) is 0.0983. The third-order valence-electron chi connectivity index (χ3n) is 7.31. The Kier molecular flexibility index (Phi) is 18.1. The Labute approximate surface area is 237 Å². The third-order valence-corrected chi connectivity index (χ3v) is 7.31. The second kappa shape index (κ2) is 21.5. The van der Waals surface area contributed by atoms with Gasteiger partial charge in [0.2, 0.25) is 0 Å². The molecule has 0 aromatic heterocycles. The SMILES string of the molecule is CCCCCCCCCCCC[C@@H](OCc1ccc(OC)cc1)[C@@H](CCCC=O)OCc1ccc(OC)cc1. The van der Waals surface area contributed by atoms with Crippen LogP contribution >= 0.6 is 0 Å². The minimum Gasteiger partial charge on any atom is -0.497 e. The van der Waals surface area contributed by atoms with E-state index in [2.05, 4.69) is 19.1 Å². The molecule has 0 N–H and O–H groups in total. The highest BCUT2D eigenvalue weighted by molar-refractivity contribution is 5.48. The van der Waals surface area contributed by atoms with Crippen LogP contribution in [0.5, 0.6) is 11.5 Å². The Balaban J connectivity index is 1.94. The lowest BCUT2D eigenvalue weighted by Crippen LogP contribution is -2.32. The summed E-state index contributed by atoms with van der Waals surface area (Å²) < 4.78 is 23.6. The molecule has 0 amide bonds. The molecule has 2 rings (SSSR count). The van der Waals surface area contributed by atoms with Gasteiger partial charge in [0, 0.05) is 6.42 Å². The number of methoxy groups -OCH3 is 2. The van der Waals surface area contributed by atoms with Gasteiger partial charge >= 0.3 is 0 Å². The number of hydrogen-bond donors (Lipinski definition) is 0. The van der Waals surface area contributed by atoms with E-state index in [0.29, 0.717) is 19.6 Å². The summed E-state index contributed by atoms with van der Waals surface area (Å²) in [6.07, 6.45) is 17.1. The Morgan fingerprint density at radius 1 is 0.590 bits per heavy atom. The first-order valence-electron chi connectivity index (χ1n) is 15.1. The van der Waals surface area contributed by atoms with E-state index in [1.165, 1.54) is 57.8 Å². The van der Waals surface area contributed by atoms with Crippen LogP contribution in [0.4, 0.5) is 0 Å². The minimum absolute atomic E-state index is 0.0222. The fraction of sp³-hybridized carbons (Fsp3) is 0.618. The lowest BCUT2D eigenvalue weighted by Gasteiger charge is -2.28. The zero-order valence-corrected chi connectivity index (χ0v) is 24.7. The van der Waals surface area contributed by atoms with Crippen LogP contribution in [0.15, 0.2) is 48.5 Å². The van der Waals surface area contributed by atoms with E-state index < -0.39 is 0 Å². The van der Waals surface area contributed by atoms with E-state index in [9.17, 15) is 4.79 Å². The molecule has 2 atom stereocenters. The van der Waals surface area contributed by atoms with Crippen LogP contribution in [-0.4, -0.2) is 32.7 Å². The molecule has 5 nitrogen and oxygen atoms in total. The normalized spacial score (nSPS) is 12.7. The lowest BCUT2D eigenvalue weighted by atomic mass is 9.99. The standard InChI is InChI=1S/C34H52O5/c1-4-5-6-7-8-9-10-11-12-13-16-33(38-27-29-18-22-31(36-2)23-19-29)34(17-14-15-26-35)39-28-30-20-24-32(37-3)25-21-30/h18-26,33-34H,4-17,27-28H2,1-3H3/t33-,34-/m1/s1. The zero-order valence-electron chi connectivity index (χ0n) is 24.7. The van der Waals surface area contributed by atoms with Crippen LogP contribution in [0.25, 0.3) is 0 Å². The fourth-order valence-corrected chi connectivity index (χ4v) is 4.84. The van der Waals surface area contributed by atoms with Crippen LogP contribution in [0.2, 0.25) is 0 Å². The van der Waals surface area contributed by atoms with E-state index in [1.54, 1.807) is 14.2 Å². The fourth-order valence-electron chi connectivity index (χ4n) is 4.84. The van der Waals surface area contributed by atoms with Crippen LogP contribution < -0.4 is 9.47 Å². The molecule has 0 radical (unpaired) electrons. The molecule has 0 unspecified atom stereocenters. The van der Waals surface area contributed by atoms with Crippen molar-refractivity contribution in [3.8, 4) is 11.5 Å². The molecular weight excluding hydrogens is 488 g/mol. The Morgan fingerprint density at radius 2 is 1.00 bits per heavy atom. The highest BCUT2D eigenvalue weighted by atomic mass is 16.5. The number of carbonyl (C=O) groups excluding carboxylic acids is 1. The number of unbranched alkanes of at least 4 members (excludes halogenated alkanes) is 10. The largest absolute Gasteiger partial charge is 0.497 e. The predicted molar refractivity (Wildman–Crippen MR) is 160 cm³/mol. The Hall–Kier alpha value is -2.37. The molecule has 39 heavy (non-hydrogen) atoms. The molecule has 0 bridgehead atoms. The topological polar surface area (TPSA) is 54.0 Å². The maximum absolute atomic E-state index is 11.0. The predicted octanol–water partition coefficient (Wildman–Crippen LogP) is 8.85. The van der Waals surface area contributed by atoms with E-state index in [4.69, 9.17) is 18.9 Å². The van der Waals surface area contributed by atoms with Gasteiger partial charge in [0.15, 0.2) is 0 Å². The number of aldehydes is 1. The summed E-state index contributed by atoms with van der Waals surface area (Å²) in [5.41, 5.74) is 2.22. The van der Waals surface area contributed by atoms with Gasteiger partial charge in [-0.1, -0.05) is 95.4 Å². The molecule has 218 valence electrons. The van der Waals surface area contributed by atoms with Crippen LogP contribution in [-0.2, 0) is 27.5 Å². The van der Waals surface area contributed by atoms with Gasteiger partial charge in [-0.15, -0.1) is 0 Å². The van der Waals surface area contributed by atoms with Crippen molar-refractivity contribution in [2.45, 2.75) is 122 Å². The second-order valence-electron chi connectivity index (χ2n) is 10.5. The van der Waals surface area contributed by atoms with Gasteiger partial charge in [0.1, 0.15) is 17.8 Å². The highest BCUT2D eigenvalue weighted by Gasteiger charge is 2.23. The average Bonchev–Trinajstić information content (AvgIpc) is 2.98. The van der Waals surface area contributed by atoms with Gasteiger partial charge < -0.3 is 23.7 Å². The van der Waals surface area contributed by atoms with E-state index in [1.807, 2.05) is 36.4 Å². The van der Waals surface area contributed by atoms with Crippen LogP contribution in [0.1, 0.15) is 108 Å². The number of rotatable bonds is 24. The minimum atomic E-state index is -0.0659. The molecule has 0 aliphatic carbocycles. The maximum Gasteiger partial charge on any atom is 0.119 e. The number of carbonyl (C=O) groups is 1. The summed E-state index contributed by atoms with van der Waals surface area (Å²) in [5, 5.41) is 0. The van der Waals surface area contributed by atoms with Gasteiger partial charge in [0.25, 0.3) is 0 Å². The van der Waals surface area contributed by atoms with E-state index in [0.717, 1.165) is 54.6 Å². The number of hydrogen-bond acceptors (Lipinski definition) is 5. The van der Waals surface area contributed by atoms with Gasteiger partial charge in [-0.3, -0.25) is 0 Å². The molecule has 5 heteroatoms. The average molecular weight is 541 g/mol. The molecule has 0 spiro atoms. The molecule has 0 aliphatic heterocycles. The van der Waals surface area contributed by atoms with Crippen LogP contribution in [0, 0.1) is 0 Å². The van der Waals surface area contributed by atoms with E-state index in [-0.39, 0.29) is 12.2 Å². The van der Waals surface area contributed by atoms with Crippen molar-refractivity contribution in [3.63, 3.8) is 0 Å². The smallest absolute Gasteiger partial charge is 0.119 e. The number of ether oxygens (including phenoxy) is 4. The molecule has 0 saturated carbocycles. The second-order valence-corrected chi connectivity index (χ2v) is 10.5. The monoisotopic (exact) mass is 540 g/mol. The first kappa shape index (κ1) is 32.8. The van der Waals surface area contributed by atoms with Crippen molar-refractivity contribution < 1.29 is 23.7 Å². The highest BCUT2D eigenvalue weighted by Crippen LogP contribution is 2.23. The summed E-state index contributed by atoms with van der Waals surface area (Å²) in [6, 6.07) is 16.0. The maximum atomic E-state index is 11.0. The molecule has 0 heterocycles. The first-order chi connectivity index (χ1) is 19.2. The zero-order chi connectivity index (χ0) is 28.0. The Morgan fingerprint density at radius 3 is 1.41 bits per heavy atom. The van der Waals surface area contributed by atoms with Crippen molar-refractivity contribution in [2.75, 3.05) is 14.2 Å². The molecular formula is C34H52O5. The van der Waals surface area contributed by atoms with Gasteiger partial charge in [-0.2, -0.15) is 0 Å². The molecule has 0 aliphatic rings. The van der Waals surface area contributed by atoms with Crippen molar-refractivity contribution in [1.82, 2.24) is 0 Å². The molecule has 2 aromatic carbocycles. The first-order valence-corrected chi connectivity index (χ1v) is 15.1. The number of benzene rings is 2. The summed E-state index contributed by atoms with van der Waals surface area (Å²) in [4.78, 5) is 11.0. The van der Waals surface area contributed by atoms with E-state index >= 15 is 0 Å². The summed E-state index contributed by atoms with van der Waals surface area (Å²) in [5.74, 6) is 1.68. The summed E-state index contributed by atoms with van der Waals surface area (Å²) in [7, 11) is 3.35. The van der Waals surface area contributed by atoms with Crippen molar-refractivity contribution in [2.24, 2.45) is 0 Å². The molecule has 0 fully saturated rings. The summed E-state index contributed by atoms with van der Waals surface area (Å²) >= 11 is 0. The third kappa shape index (κ3) is 14.5. The summed E-state index contributed by atoms with van der Waals surface area (Å²) in [6.45, 7) is 3.31. The lowest BCUT2D eigenvalue weighted by molar-refractivity contribution is -0.109. The van der Waals surface area contributed by atoms with Crippen molar-refractivity contribution in [3.05, 3.63) is 59.7 Å².